The summed E-state index contributed by atoms with van der Waals surface area (Å²) < 4.78 is 4.92. The average molecular weight is 325 g/mol. The Balaban J connectivity index is 2.98. The molecular formula is C21H40O2. The number of esters is 1. The van der Waals surface area contributed by atoms with Crippen molar-refractivity contribution in [3.05, 3.63) is 12.2 Å². The van der Waals surface area contributed by atoms with Crippen LogP contribution in [0.2, 0.25) is 0 Å². The normalized spacial score (nSPS) is 11.2. The van der Waals surface area contributed by atoms with Crippen LogP contribution in [-0.4, -0.2) is 12.6 Å². The number of hydrogen-bond acceptors (Lipinski definition) is 2. The number of allylic oxidation sites excluding steroid dienone is 2. The Morgan fingerprint density at radius 3 is 1.48 bits per heavy atom. The van der Waals surface area contributed by atoms with Crippen LogP contribution in [0.5, 0.6) is 0 Å². The minimum absolute atomic E-state index is 0.154. The van der Waals surface area contributed by atoms with Crippen molar-refractivity contribution in [1.29, 1.82) is 0 Å². The Labute approximate surface area is 145 Å². The fraction of sp³-hybridized carbons (Fsp3) is 0.857. The van der Waals surface area contributed by atoms with Gasteiger partial charge in [0.15, 0.2) is 0 Å². The summed E-state index contributed by atoms with van der Waals surface area (Å²) in [5.74, 6) is -0.154. The van der Waals surface area contributed by atoms with Crippen LogP contribution in [0.3, 0.4) is 0 Å². The van der Waals surface area contributed by atoms with Gasteiger partial charge in [0.1, 0.15) is 0 Å². The van der Waals surface area contributed by atoms with E-state index in [-0.39, 0.29) is 5.97 Å². The van der Waals surface area contributed by atoms with Crippen molar-refractivity contribution >= 4 is 5.97 Å². The van der Waals surface area contributed by atoms with E-state index >= 15 is 0 Å². The number of ether oxygens (including phenoxy) is 1. The van der Waals surface area contributed by atoms with Gasteiger partial charge in [-0.1, -0.05) is 89.2 Å². The zero-order valence-electron chi connectivity index (χ0n) is 15.8. The zero-order chi connectivity index (χ0) is 17.0. The number of unbranched alkanes of at least 4 members (excludes halogenated alkanes) is 14. The monoisotopic (exact) mass is 324 g/mol. The molecule has 2 nitrogen and oxygen atoms in total. The third-order valence-corrected chi connectivity index (χ3v) is 4.31. The lowest BCUT2D eigenvalue weighted by Gasteiger charge is -2.04. The minimum Gasteiger partial charge on any atom is -0.466 e. The van der Waals surface area contributed by atoms with Gasteiger partial charge in [-0.3, -0.25) is 4.79 Å². The van der Waals surface area contributed by atoms with E-state index in [2.05, 4.69) is 19.1 Å². The maximum absolute atomic E-state index is 10.6. The van der Waals surface area contributed by atoms with Gasteiger partial charge in [0.05, 0.1) is 6.61 Å². The molecule has 0 amide bonds. The van der Waals surface area contributed by atoms with E-state index in [0.29, 0.717) is 6.61 Å². The van der Waals surface area contributed by atoms with Crippen molar-refractivity contribution < 1.29 is 9.53 Å². The Hall–Kier alpha value is -0.790. The quantitative estimate of drug-likeness (QED) is 0.164. The van der Waals surface area contributed by atoms with Gasteiger partial charge in [-0.15, -0.1) is 0 Å². The molecular weight excluding hydrogens is 284 g/mol. The molecule has 0 aromatic heterocycles. The van der Waals surface area contributed by atoms with E-state index < -0.39 is 0 Å². The highest BCUT2D eigenvalue weighted by molar-refractivity contribution is 5.65. The number of carbonyl (C=O) groups is 1. The summed E-state index contributed by atoms with van der Waals surface area (Å²) in [6, 6.07) is 0. The van der Waals surface area contributed by atoms with Gasteiger partial charge < -0.3 is 4.74 Å². The highest BCUT2D eigenvalue weighted by atomic mass is 16.5. The van der Waals surface area contributed by atoms with E-state index in [1.54, 1.807) is 0 Å². The van der Waals surface area contributed by atoms with Crippen molar-refractivity contribution in [1.82, 2.24) is 0 Å². The zero-order valence-corrected chi connectivity index (χ0v) is 15.8. The third-order valence-electron chi connectivity index (χ3n) is 4.31. The molecule has 23 heavy (non-hydrogen) atoms. The Morgan fingerprint density at radius 2 is 1.09 bits per heavy atom. The Kier molecular flexibility index (Phi) is 18.6. The second-order valence-electron chi connectivity index (χ2n) is 6.65. The summed E-state index contributed by atoms with van der Waals surface area (Å²) in [5.41, 5.74) is 0. The van der Waals surface area contributed by atoms with Crippen molar-refractivity contribution in [3.63, 3.8) is 0 Å². The standard InChI is InChI=1S/C21H40O2/c1-3-4-5-6-7-8-9-10-11-12-13-14-15-16-17-18-19-20-23-21(2)22/h3-4H,5-20H2,1-2H3/b4-3-. The van der Waals surface area contributed by atoms with E-state index in [1.807, 2.05) is 0 Å². The van der Waals surface area contributed by atoms with Crippen LogP contribution >= 0.6 is 0 Å². The minimum atomic E-state index is -0.154. The van der Waals surface area contributed by atoms with Crippen molar-refractivity contribution in [2.24, 2.45) is 0 Å². The van der Waals surface area contributed by atoms with E-state index in [1.165, 1.54) is 96.8 Å². The molecule has 0 aromatic carbocycles. The molecule has 0 fully saturated rings. The number of carbonyl (C=O) groups excluding carboxylic acids is 1. The molecule has 0 saturated heterocycles. The second kappa shape index (κ2) is 19.3. The first kappa shape index (κ1) is 22.2. The molecule has 0 aliphatic carbocycles. The topological polar surface area (TPSA) is 26.3 Å². The predicted molar refractivity (Wildman–Crippen MR) is 101 cm³/mol. The average Bonchev–Trinajstić information content (AvgIpc) is 2.53. The molecule has 0 atom stereocenters. The molecule has 2 heteroatoms. The molecule has 0 N–H and O–H groups in total. The van der Waals surface area contributed by atoms with Crippen molar-refractivity contribution in [2.45, 2.75) is 110 Å². The van der Waals surface area contributed by atoms with E-state index in [0.717, 1.165) is 6.42 Å². The number of hydrogen-bond donors (Lipinski definition) is 0. The molecule has 0 radical (unpaired) electrons. The fourth-order valence-corrected chi connectivity index (χ4v) is 2.87. The van der Waals surface area contributed by atoms with Crippen LogP contribution in [-0.2, 0) is 9.53 Å². The first-order chi connectivity index (χ1) is 11.3. The Bertz CT molecular complexity index is 271. The summed E-state index contributed by atoms with van der Waals surface area (Å²) in [4.78, 5) is 10.6. The van der Waals surface area contributed by atoms with Gasteiger partial charge in [-0.2, -0.15) is 0 Å². The van der Waals surface area contributed by atoms with Gasteiger partial charge >= 0.3 is 5.97 Å². The first-order valence-electron chi connectivity index (χ1n) is 10.0. The van der Waals surface area contributed by atoms with Gasteiger partial charge in [0.2, 0.25) is 0 Å². The number of rotatable bonds is 17. The highest BCUT2D eigenvalue weighted by Gasteiger charge is 1.95. The first-order valence-corrected chi connectivity index (χ1v) is 10.0. The molecule has 0 rings (SSSR count). The van der Waals surface area contributed by atoms with Gasteiger partial charge in [-0.05, 0) is 26.2 Å². The van der Waals surface area contributed by atoms with Crippen LogP contribution in [0.15, 0.2) is 12.2 Å². The van der Waals surface area contributed by atoms with Crippen molar-refractivity contribution in [2.75, 3.05) is 6.61 Å². The highest BCUT2D eigenvalue weighted by Crippen LogP contribution is 2.13. The van der Waals surface area contributed by atoms with Crippen molar-refractivity contribution in [3.8, 4) is 0 Å². The summed E-state index contributed by atoms with van der Waals surface area (Å²) in [7, 11) is 0. The van der Waals surface area contributed by atoms with Crippen LogP contribution in [0, 0.1) is 0 Å². The lowest BCUT2D eigenvalue weighted by molar-refractivity contribution is -0.141. The Morgan fingerprint density at radius 1 is 0.696 bits per heavy atom. The smallest absolute Gasteiger partial charge is 0.302 e. The predicted octanol–water partition coefficient (Wildman–Crippen LogP) is 6.98. The van der Waals surface area contributed by atoms with Crippen LogP contribution in [0.25, 0.3) is 0 Å². The summed E-state index contributed by atoms with van der Waals surface area (Å²) in [6.07, 6.45) is 24.6. The van der Waals surface area contributed by atoms with E-state index in [4.69, 9.17) is 4.74 Å². The molecule has 0 unspecified atom stereocenters. The molecule has 0 aliphatic heterocycles. The molecule has 0 spiro atoms. The maximum atomic E-state index is 10.6. The SMILES string of the molecule is C/C=C\CCCCCCCCCCCCCCCCOC(C)=O. The largest absolute Gasteiger partial charge is 0.466 e. The summed E-state index contributed by atoms with van der Waals surface area (Å²) in [5, 5.41) is 0. The van der Waals surface area contributed by atoms with E-state index in [9.17, 15) is 4.79 Å². The van der Waals surface area contributed by atoms with Gasteiger partial charge in [0, 0.05) is 6.92 Å². The summed E-state index contributed by atoms with van der Waals surface area (Å²) in [6.45, 7) is 4.18. The third kappa shape index (κ3) is 21.2. The lowest BCUT2D eigenvalue weighted by atomic mass is 10.0. The van der Waals surface area contributed by atoms with Crippen LogP contribution in [0.4, 0.5) is 0 Å². The van der Waals surface area contributed by atoms with Gasteiger partial charge in [0.25, 0.3) is 0 Å². The van der Waals surface area contributed by atoms with Gasteiger partial charge in [-0.25, -0.2) is 0 Å². The van der Waals surface area contributed by atoms with Crippen LogP contribution < -0.4 is 0 Å². The molecule has 0 aliphatic rings. The molecule has 0 saturated carbocycles. The lowest BCUT2D eigenvalue weighted by Crippen LogP contribution is -2.00. The fourth-order valence-electron chi connectivity index (χ4n) is 2.87. The van der Waals surface area contributed by atoms with Crippen LogP contribution in [0.1, 0.15) is 110 Å². The molecule has 136 valence electrons. The maximum Gasteiger partial charge on any atom is 0.302 e. The molecule has 0 aromatic rings. The molecule has 0 heterocycles. The second-order valence-corrected chi connectivity index (χ2v) is 6.65. The molecule has 0 bridgehead atoms. The summed E-state index contributed by atoms with van der Waals surface area (Å²) >= 11 is 0.